The number of primary sulfonamides is 2. The molecular weight excluding hydrogens is 511 g/mol. The van der Waals surface area contributed by atoms with Crippen molar-refractivity contribution in [3.05, 3.63) is 0 Å². The quantitative estimate of drug-likeness (QED) is 0.343. The predicted octanol–water partition coefficient (Wildman–Crippen LogP) is -1.24. The smallest absolute Gasteiger partial charge is 0.248 e. The lowest BCUT2D eigenvalue weighted by atomic mass is 10.1. The highest BCUT2D eigenvalue weighted by Gasteiger charge is 2.29. The van der Waals surface area contributed by atoms with E-state index in [0.29, 0.717) is 38.8 Å². The molecule has 0 saturated carbocycles. The minimum Gasteiger partial charge on any atom is -0.376 e. The van der Waals surface area contributed by atoms with Gasteiger partial charge in [0.15, 0.2) is 0 Å². The fraction of sp³-hybridized carbons (Fsp3) is 0.875. The van der Waals surface area contributed by atoms with Gasteiger partial charge in [-0.3, -0.25) is 9.59 Å². The van der Waals surface area contributed by atoms with Gasteiger partial charge in [0, 0.05) is 27.3 Å². The summed E-state index contributed by atoms with van der Waals surface area (Å²) in [5, 5.41) is 11.8. The summed E-state index contributed by atoms with van der Waals surface area (Å²) in [4.78, 5) is 22.7. The Morgan fingerprint density at radius 3 is 1.59 bits per heavy atom. The van der Waals surface area contributed by atoms with Crippen LogP contribution in [-0.4, -0.2) is 97.0 Å². The topological polar surface area (TPSA) is 188 Å². The first-order valence-corrected chi connectivity index (χ1v) is 13.1. The van der Waals surface area contributed by atoms with Gasteiger partial charge in [-0.05, 0) is 50.4 Å². The number of nitrogens with two attached hydrogens (primary N) is 2. The van der Waals surface area contributed by atoms with Gasteiger partial charge >= 0.3 is 0 Å². The van der Waals surface area contributed by atoms with Crippen LogP contribution in [-0.2, 0) is 39.1 Å². The van der Waals surface area contributed by atoms with Crippen molar-refractivity contribution < 1.29 is 35.9 Å². The molecule has 2 aliphatic rings. The molecule has 0 aromatic rings. The molecule has 0 aliphatic carbocycles. The van der Waals surface area contributed by atoms with Crippen LogP contribution >= 0.6 is 24.0 Å². The molecule has 32 heavy (non-hydrogen) atoms. The lowest BCUT2D eigenvalue weighted by molar-refractivity contribution is -0.136. The Bertz CT molecular complexity index is 754. The number of methoxy groups -OCH3 is 2. The Labute approximate surface area is 201 Å². The molecule has 2 rings (SSSR count). The van der Waals surface area contributed by atoms with Crippen LogP contribution in [0.15, 0.2) is 0 Å². The van der Waals surface area contributed by atoms with E-state index in [-0.39, 0.29) is 36.8 Å². The number of ether oxygens (including phenoxy) is 2. The van der Waals surface area contributed by atoms with Crippen molar-refractivity contribution in [3.63, 3.8) is 0 Å². The SMILES string of the molecule is COCC(=O)Cl.COCC(=O)N1CCC(S(N)(=O)=O)CC1.Cl.NS(=O)(=O)C1CCNCC1. The number of carbonyl (C=O) groups excluding carboxylic acids is 2. The van der Waals surface area contributed by atoms with Gasteiger partial charge in [-0.25, -0.2) is 27.1 Å². The van der Waals surface area contributed by atoms with Crippen molar-refractivity contribution in [2.75, 3.05) is 53.6 Å². The molecular formula is C16H34Cl2N4O8S2. The molecule has 0 atom stereocenters. The third-order valence-corrected chi connectivity index (χ3v) is 7.45. The lowest BCUT2D eigenvalue weighted by Crippen LogP contribution is -2.45. The van der Waals surface area contributed by atoms with E-state index in [0.717, 1.165) is 13.1 Å². The van der Waals surface area contributed by atoms with Gasteiger partial charge in [0.2, 0.25) is 31.2 Å². The average Bonchev–Trinajstić information content (AvgIpc) is 2.68. The molecule has 2 heterocycles. The molecule has 1 amide bonds. The molecule has 0 aromatic carbocycles. The van der Waals surface area contributed by atoms with Crippen LogP contribution in [0.25, 0.3) is 0 Å². The van der Waals surface area contributed by atoms with E-state index in [1.54, 1.807) is 4.90 Å². The largest absolute Gasteiger partial charge is 0.376 e. The molecule has 16 heteroatoms. The number of piperidine rings is 2. The average molecular weight is 546 g/mol. The Morgan fingerprint density at radius 2 is 1.31 bits per heavy atom. The summed E-state index contributed by atoms with van der Waals surface area (Å²) in [6.07, 6.45) is 2.13. The zero-order valence-corrected chi connectivity index (χ0v) is 21.4. The van der Waals surface area contributed by atoms with Crippen molar-refractivity contribution in [3.8, 4) is 0 Å². The Balaban J connectivity index is 0. The van der Waals surface area contributed by atoms with Crippen LogP contribution < -0.4 is 15.6 Å². The van der Waals surface area contributed by atoms with Crippen LogP contribution in [0.4, 0.5) is 0 Å². The number of nitrogens with zero attached hydrogens (tertiary/aromatic N) is 1. The molecule has 0 radical (unpaired) electrons. The molecule has 0 spiro atoms. The van der Waals surface area contributed by atoms with E-state index in [1.807, 2.05) is 0 Å². The predicted molar refractivity (Wildman–Crippen MR) is 124 cm³/mol. The summed E-state index contributed by atoms with van der Waals surface area (Å²) in [6.45, 7) is 2.44. The van der Waals surface area contributed by atoms with Gasteiger partial charge in [-0.2, -0.15) is 0 Å². The zero-order valence-electron chi connectivity index (χ0n) is 18.2. The molecule has 2 saturated heterocycles. The van der Waals surface area contributed by atoms with E-state index in [1.165, 1.54) is 14.2 Å². The monoisotopic (exact) mass is 544 g/mol. The zero-order chi connectivity index (χ0) is 24.1. The number of hydrogen-bond donors (Lipinski definition) is 3. The third-order valence-electron chi connectivity index (χ3n) is 4.54. The first-order chi connectivity index (χ1) is 14.3. The number of rotatable bonds is 6. The molecule has 2 aliphatic heterocycles. The maximum Gasteiger partial charge on any atom is 0.248 e. The van der Waals surface area contributed by atoms with E-state index >= 15 is 0 Å². The maximum absolute atomic E-state index is 11.4. The second-order valence-electron chi connectivity index (χ2n) is 6.93. The van der Waals surface area contributed by atoms with Crippen molar-refractivity contribution >= 4 is 55.2 Å². The first-order valence-electron chi connectivity index (χ1n) is 9.50. The highest BCUT2D eigenvalue weighted by molar-refractivity contribution is 7.90. The molecule has 192 valence electrons. The van der Waals surface area contributed by atoms with E-state index in [9.17, 15) is 26.4 Å². The van der Waals surface area contributed by atoms with E-state index in [2.05, 4.69) is 10.1 Å². The first kappa shape index (κ1) is 33.6. The van der Waals surface area contributed by atoms with Gasteiger partial charge in [-0.1, -0.05) is 0 Å². The fourth-order valence-corrected chi connectivity index (χ4v) is 4.76. The lowest BCUT2D eigenvalue weighted by Gasteiger charge is -2.30. The molecule has 2 fully saturated rings. The number of halogens is 2. The number of carbonyl (C=O) groups is 2. The number of sulfonamides is 2. The highest BCUT2D eigenvalue weighted by atomic mass is 35.5. The van der Waals surface area contributed by atoms with Crippen molar-refractivity contribution in [2.45, 2.75) is 36.2 Å². The Kier molecular flexibility index (Phi) is 17.8. The van der Waals surface area contributed by atoms with Gasteiger partial charge in [0.1, 0.15) is 13.2 Å². The number of amides is 1. The van der Waals surface area contributed by atoms with Gasteiger partial charge in [0.05, 0.1) is 10.5 Å². The molecule has 0 unspecified atom stereocenters. The van der Waals surface area contributed by atoms with Gasteiger partial charge < -0.3 is 19.7 Å². The normalized spacial score (nSPS) is 17.7. The van der Waals surface area contributed by atoms with Crippen LogP contribution in [0.5, 0.6) is 0 Å². The maximum atomic E-state index is 11.4. The fourth-order valence-electron chi connectivity index (χ4n) is 2.89. The minimum atomic E-state index is -3.46. The Hall–Kier alpha value is -0.580. The van der Waals surface area contributed by atoms with Crippen LogP contribution in [0.3, 0.4) is 0 Å². The third kappa shape index (κ3) is 15.3. The summed E-state index contributed by atoms with van der Waals surface area (Å²) in [5.41, 5.74) is 0. The van der Waals surface area contributed by atoms with Crippen LogP contribution in [0.2, 0.25) is 0 Å². The second kappa shape index (κ2) is 16.9. The molecule has 0 aromatic heterocycles. The van der Waals surface area contributed by atoms with E-state index < -0.39 is 30.5 Å². The van der Waals surface area contributed by atoms with E-state index in [4.69, 9.17) is 26.6 Å². The van der Waals surface area contributed by atoms with Gasteiger partial charge in [0.25, 0.3) is 0 Å². The van der Waals surface area contributed by atoms with Crippen molar-refractivity contribution in [2.24, 2.45) is 10.3 Å². The molecule has 0 bridgehead atoms. The number of hydrogen-bond acceptors (Lipinski definition) is 9. The summed E-state index contributed by atoms with van der Waals surface area (Å²) >= 11 is 4.81. The minimum absolute atomic E-state index is 0. The van der Waals surface area contributed by atoms with Crippen LogP contribution in [0.1, 0.15) is 25.7 Å². The highest BCUT2D eigenvalue weighted by Crippen LogP contribution is 2.15. The summed E-state index contributed by atoms with van der Waals surface area (Å²) in [6, 6.07) is 0. The van der Waals surface area contributed by atoms with Gasteiger partial charge in [-0.15, -0.1) is 12.4 Å². The summed E-state index contributed by atoms with van der Waals surface area (Å²) in [7, 11) is -3.85. The molecule has 5 N–H and O–H groups in total. The standard InChI is InChI=1S/C8H16N2O4S.C5H12N2O2S.C3H5ClO2.ClH/c1-14-6-8(11)10-4-2-7(3-5-10)15(9,12)13;6-10(8,9)5-1-3-7-4-2-5;1-6-2-3(4)5;/h7H,2-6H2,1H3,(H2,9,12,13);5,7H,1-4H2,(H2,6,8,9);2H2,1H3;1H. The summed E-state index contributed by atoms with van der Waals surface area (Å²) in [5.74, 6) is -0.106. The summed E-state index contributed by atoms with van der Waals surface area (Å²) < 4.78 is 52.6. The Morgan fingerprint density at radius 1 is 0.906 bits per heavy atom. The second-order valence-corrected chi connectivity index (χ2v) is 11.0. The number of likely N-dealkylation sites (tertiary alicyclic amines) is 1. The van der Waals surface area contributed by atoms with Crippen molar-refractivity contribution in [1.29, 1.82) is 0 Å². The van der Waals surface area contributed by atoms with Crippen molar-refractivity contribution in [1.82, 2.24) is 10.2 Å². The number of nitrogens with one attached hydrogen (secondary N) is 1. The molecule has 12 nitrogen and oxygen atoms in total. The van der Waals surface area contributed by atoms with Crippen LogP contribution in [0, 0.1) is 0 Å².